The zero-order chi connectivity index (χ0) is 19.3. The molecule has 1 aliphatic rings. The Kier molecular flexibility index (Phi) is 3.58. The topological polar surface area (TPSA) is 86.5 Å². The molecule has 0 atom stereocenters. The molecule has 6 nitrogen and oxygen atoms in total. The van der Waals surface area contributed by atoms with E-state index in [1.165, 1.54) is 12.1 Å². The minimum atomic E-state index is -0.408. The Morgan fingerprint density at radius 1 is 1.18 bits per heavy atom. The van der Waals surface area contributed by atoms with Gasteiger partial charge < -0.3 is 10.3 Å². The standard InChI is InChI=1S/C21H18FN5O/c1-12-16(11-23-27-12)17-7-2-13-10-18(25-19(13)24-17)20(28)26-21(8-9-21)14-3-5-15(22)6-4-14/h2-7,10-11H,8-9H2,1H3,(H,23,27)(H,24,25)(H,26,28). The Bertz CT molecular complexity index is 1190. The number of pyridine rings is 1. The van der Waals surface area contributed by atoms with Crippen molar-refractivity contribution in [3.05, 3.63) is 71.4 Å². The van der Waals surface area contributed by atoms with Gasteiger partial charge >= 0.3 is 0 Å². The van der Waals surface area contributed by atoms with E-state index in [2.05, 4.69) is 25.5 Å². The number of nitrogens with zero attached hydrogens (tertiary/aromatic N) is 2. The van der Waals surface area contributed by atoms with E-state index in [1.807, 2.05) is 19.1 Å². The first-order chi connectivity index (χ1) is 13.5. The van der Waals surface area contributed by atoms with Crippen molar-refractivity contribution in [2.75, 3.05) is 0 Å². The van der Waals surface area contributed by atoms with E-state index in [0.29, 0.717) is 11.3 Å². The summed E-state index contributed by atoms with van der Waals surface area (Å²) in [4.78, 5) is 20.6. The summed E-state index contributed by atoms with van der Waals surface area (Å²) in [6.07, 6.45) is 3.42. The summed E-state index contributed by atoms with van der Waals surface area (Å²) in [6.45, 7) is 1.94. The number of hydrogen-bond acceptors (Lipinski definition) is 3. The highest BCUT2D eigenvalue weighted by atomic mass is 19.1. The van der Waals surface area contributed by atoms with Crippen LogP contribution in [0.5, 0.6) is 0 Å². The number of rotatable bonds is 4. The third-order valence-corrected chi connectivity index (χ3v) is 5.33. The number of carbonyl (C=O) groups excluding carboxylic acids is 1. The summed E-state index contributed by atoms with van der Waals surface area (Å²) >= 11 is 0. The molecule has 1 aliphatic carbocycles. The lowest BCUT2D eigenvalue weighted by molar-refractivity contribution is 0.0926. The number of aryl methyl sites for hydroxylation is 1. The molecule has 1 amide bonds. The molecule has 1 saturated carbocycles. The van der Waals surface area contributed by atoms with E-state index >= 15 is 0 Å². The van der Waals surface area contributed by atoms with Crippen LogP contribution in [0.3, 0.4) is 0 Å². The van der Waals surface area contributed by atoms with Gasteiger partial charge in [0.25, 0.3) is 5.91 Å². The van der Waals surface area contributed by atoms with Crippen LogP contribution in [0.15, 0.2) is 48.7 Å². The zero-order valence-electron chi connectivity index (χ0n) is 15.2. The van der Waals surface area contributed by atoms with E-state index in [4.69, 9.17) is 0 Å². The number of amides is 1. The highest BCUT2D eigenvalue weighted by Crippen LogP contribution is 2.45. The molecule has 3 aromatic heterocycles. The van der Waals surface area contributed by atoms with Crippen molar-refractivity contribution in [3.63, 3.8) is 0 Å². The second-order valence-electron chi connectivity index (χ2n) is 7.27. The fourth-order valence-electron chi connectivity index (χ4n) is 3.55. The Balaban J connectivity index is 1.42. The van der Waals surface area contributed by atoms with E-state index < -0.39 is 5.54 Å². The van der Waals surface area contributed by atoms with E-state index in [1.54, 1.807) is 24.4 Å². The molecule has 5 rings (SSSR count). The maximum absolute atomic E-state index is 13.2. The minimum absolute atomic E-state index is 0.194. The monoisotopic (exact) mass is 375 g/mol. The third kappa shape index (κ3) is 2.76. The van der Waals surface area contributed by atoms with Crippen molar-refractivity contribution in [1.82, 2.24) is 25.5 Å². The normalized spacial score (nSPS) is 14.9. The second-order valence-corrected chi connectivity index (χ2v) is 7.27. The molecule has 0 radical (unpaired) electrons. The van der Waals surface area contributed by atoms with Gasteiger partial charge in [0.05, 0.1) is 17.4 Å². The lowest BCUT2D eigenvalue weighted by Gasteiger charge is -2.17. The van der Waals surface area contributed by atoms with E-state index in [9.17, 15) is 9.18 Å². The van der Waals surface area contributed by atoms with Gasteiger partial charge in [-0.1, -0.05) is 12.1 Å². The Hall–Kier alpha value is -3.48. The molecule has 0 saturated heterocycles. The molecular formula is C21H18FN5O. The van der Waals surface area contributed by atoms with Crippen LogP contribution in [0, 0.1) is 12.7 Å². The summed E-state index contributed by atoms with van der Waals surface area (Å²) in [6, 6.07) is 12.0. The summed E-state index contributed by atoms with van der Waals surface area (Å²) in [5, 5.41) is 10.9. The predicted octanol–water partition coefficient (Wildman–Crippen LogP) is 3.82. The third-order valence-electron chi connectivity index (χ3n) is 5.33. The lowest BCUT2D eigenvalue weighted by Crippen LogP contribution is -2.35. The van der Waals surface area contributed by atoms with Crippen LogP contribution < -0.4 is 5.32 Å². The smallest absolute Gasteiger partial charge is 0.268 e. The average molecular weight is 375 g/mol. The van der Waals surface area contributed by atoms with Crippen LogP contribution >= 0.6 is 0 Å². The summed E-state index contributed by atoms with van der Waals surface area (Å²) in [7, 11) is 0. The van der Waals surface area contributed by atoms with Crippen molar-refractivity contribution < 1.29 is 9.18 Å². The van der Waals surface area contributed by atoms with Gasteiger partial charge in [-0.2, -0.15) is 5.10 Å². The summed E-state index contributed by atoms with van der Waals surface area (Å²) in [5.74, 6) is -0.475. The van der Waals surface area contributed by atoms with Crippen LogP contribution in [0.4, 0.5) is 4.39 Å². The van der Waals surface area contributed by atoms with Crippen molar-refractivity contribution in [2.45, 2.75) is 25.3 Å². The van der Waals surface area contributed by atoms with Crippen molar-refractivity contribution in [3.8, 4) is 11.3 Å². The van der Waals surface area contributed by atoms with Crippen molar-refractivity contribution >= 4 is 16.9 Å². The largest absolute Gasteiger partial charge is 0.341 e. The average Bonchev–Trinajstić information content (AvgIpc) is 3.13. The molecule has 7 heteroatoms. The molecule has 0 bridgehead atoms. The summed E-state index contributed by atoms with van der Waals surface area (Å²) in [5.41, 5.74) is 4.27. The summed E-state index contributed by atoms with van der Waals surface area (Å²) < 4.78 is 13.2. The fourth-order valence-corrected chi connectivity index (χ4v) is 3.55. The Morgan fingerprint density at radius 3 is 2.64 bits per heavy atom. The van der Waals surface area contributed by atoms with Crippen LogP contribution in [0.25, 0.3) is 22.3 Å². The molecule has 28 heavy (non-hydrogen) atoms. The van der Waals surface area contributed by atoms with Gasteiger partial charge in [-0.15, -0.1) is 0 Å². The Labute approximate surface area is 160 Å². The highest BCUT2D eigenvalue weighted by Gasteiger charge is 2.45. The maximum Gasteiger partial charge on any atom is 0.268 e. The number of fused-ring (bicyclic) bond motifs is 1. The number of halogens is 1. The molecule has 3 N–H and O–H groups in total. The van der Waals surface area contributed by atoms with Gasteiger partial charge in [0.1, 0.15) is 17.2 Å². The number of aromatic nitrogens is 4. The second kappa shape index (κ2) is 6.02. The number of carbonyl (C=O) groups is 1. The minimum Gasteiger partial charge on any atom is -0.341 e. The predicted molar refractivity (Wildman–Crippen MR) is 103 cm³/mol. The molecular weight excluding hydrogens is 357 g/mol. The molecule has 3 heterocycles. The number of hydrogen-bond donors (Lipinski definition) is 3. The van der Waals surface area contributed by atoms with Gasteiger partial charge in [0.15, 0.2) is 0 Å². The molecule has 4 aromatic rings. The van der Waals surface area contributed by atoms with Crippen LogP contribution in [-0.2, 0) is 5.54 Å². The van der Waals surface area contributed by atoms with E-state index in [0.717, 1.165) is 40.7 Å². The SMILES string of the molecule is Cc1[nH]ncc1-c1ccc2cc(C(=O)NC3(c4ccc(F)cc4)CC3)[nH]c2n1. The molecule has 1 fully saturated rings. The molecule has 0 spiro atoms. The van der Waals surface area contributed by atoms with Crippen LogP contribution in [-0.4, -0.2) is 26.1 Å². The van der Waals surface area contributed by atoms with Gasteiger partial charge in [-0.25, -0.2) is 9.37 Å². The van der Waals surface area contributed by atoms with Crippen molar-refractivity contribution in [1.29, 1.82) is 0 Å². The van der Waals surface area contributed by atoms with Crippen molar-refractivity contribution in [2.24, 2.45) is 0 Å². The number of nitrogens with one attached hydrogen (secondary N) is 3. The quantitative estimate of drug-likeness (QED) is 0.507. The van der Waals surface area contributed by atoms with Gasteiger partial charge in [0, 0.05) is 16.6 Å². The molecule has 140 valence electrons. The molecule has 0 aliphatic heterocycles. The van der Waals surface area contributed by atoms with Crippen LogP contribution in [0.1, 0.15) is 34.6 Å². The number of benzene rings is 1. The van der Waals surface area contributed by atoms with E-state index in [-0.39, 0.29) is 11.7 Å². The maximum atomic E-state index is 13.2. The van der Waals surface area contributed by atoms with Gasteiger partial charge in [-0.05, 0) is 55.7 Å². The first kappa shape index (κ1) is 16.7. The number of aromatic amines is 2. The zero-order valence-corrected chi connectivity index (χ0v) is 15.2. The van der Waals surface area contributed by atoms with Crippen LogP contribution in [0.2, 0.25) is 0 Å². The number of H-pyrrole nitrogens is 2. The first-order valence-corrected chi connectivity index (χ1v) is 9.13. The molecule has 1 aromatic carbocycles. The highest BCUT2D eigenvalue weighted by molar-refractivity contribution is 5.98. The first-order valence-electron chi connectivity index (χ1n) is 9.13. The van der Waals surface area contributed by atoms with Gasteiger partial charge in [-0.3, -0.25) is 9.89 Å². The molecule has 0 unspecified atom stereocenters. The lowest BCUT2D eigenvalue weighted by atomic mass is 10.0. The van der Waals surface area contributed by atoms with Gasteiger partial charge in [0.2, 0.25) is 0 Å². The fraction of sp³-hybridized carbons (Fsp3) is 0.190. The Morgan fingerprint density at radius 2 is 1.96 bits per heavy atom.